The van der Waals surface area contributed by atoms with Gasteiger partial charge in [-0.1, -0.05) is 25.7 Å². The Kier molecular flexibility index (Phi) is 5.84. The number of amides is 2. The van der Waals surface area contributed by atoms with Crippen LogP contribution in [0.15, 0.2) is 22.8 Å². The molecular formula is C16H24N2O3. The molecule has 0 spiro atoms. The van der Waals surface area contributed by atoms with Gasteiger partial charge in [0.25, 0.3) is 0 Å². The normalized spacial score (nSPS) is 17.8. The Balaban J connectivity index is 1.74. The molecule has 2 N–H and O–H groups in total. The van der Waals surface area contributed by atoms with Gasteiger partial charge in [-0.05, 0) is 31.9 Å². The van der Waals surface area contributed by atoms with Gasteiger partial charge in [0, 0.05) is 18.5 Å². The van der Waals surface area contributed by atoms with Gasteiger partial charge >= 0.3 is 11.8 Å². The maximum atomic E-state index is 11.9. The van der Waals surface area contributed by atoms with Gasteiger partial charge in [0.1, 0.15) is 5.76 Å². The van der Waals surface area contributed by atoms with Crippen LogP contribution in [0, 0.1) is 0 Å². The summed E-state index contributed by atoms with van der Waals surface area (Å²) in [5.41, 5.74) is 0. The summed E-state index contributed by atoms with van der Waals surface area (Å²) in [6.07, 6.45) is 8.82. The van der Waals surface area contributed by atoms with Gasteiger partial charge in [0.15, 0.2) is 0 Å². The molecule has 1 unspecified atom stereocenters. The van der Waals surface area contributed by atoms with E-state index in [-0.39, 0.29) is 12.1 Å². The first-order valence-electron chi connectivity index (χ1n) is 7.79. The maximum absolute atomic E-state index is 11.9. The Morgan fingerprint density at radius 3 is 2.57 bits per heavy atom. The van der Waals surface area contributed by atoms with Crippen LogP contribution in [0.5, 0.6) is 0 Å². The van der Waals surface area contributed by atoms with Crippen molar-refractivity contribution in [3.05, 3.63) is 24.2 Å². The van der Waals surface area contributed by atoms with Crippen LogP contribution < -0.4 is 10.6 Å². The van der Waals surface area contributed by atoms with E-state index in [0.717, 1.165) is 31.4 Å². The molecule has 2 amide bonds. The molecule has 0 radical (unpaired) electrons. The number of nitrogens with one attached hydrogen (secondary N) is 2. The van der Waals surface area contributed by atoms with Gasteiger partial charge in [0.05, 0.1) is 6.26 Å². The van der Waals surface area contributed by atoms with Crippen molar-refractivity contribution in [2.75, 3.05) is 0 Å². The third-order valence-electron chi connectivity index (χ3n) is 3.86. The molecule has 0 bridgehead atoms. The van der Waals surface area contributed by atoms with E-state index >= 15 is 0 Å². The lowest BCUT2D eigenvalue weighted by atomic mass is 10.1. The maximum Gasteiger partial charge on any atom is 0.309 e. The standard InChI is InChI=1S/C16H24N2O3/c1-12(11-14-9-6-10-21-14)17-15(19)16(20)18-13-7-4-2-3-5-8-13/h6,9-10,12-13H,2-5,7-8,11H2,1H3,(H,17,19)(H,18,20). The molecule has 0 aromatic carbocycles. The van der Waals surface area contributed by atoms with Crippen LogP contribution in [0.2, 0.25) is 0 Å². The number of carbonyl (C=O) groups is 2. The first-order chi connectivity index (χ1) is 10.1. The molecule has 2 rings (SSSR count). The molecule has 0 saturated heterocycles. The molecule has 5 heteroatoms. The SMILES string of the molecule is CC(Cc1ccco1)NC(=O)C(=O)NC1CCCCCC1. The third kappa shape index (κ3) is 5.25. The summed E-state index contributed by atoms with van der Waals surface area (Å²) in [7, 11) is 0. The second-order valence-corrected chi connectivity index (χ2v) is 5.82. The summed E-state index contributed by atoms with van der Waals surface area (Å²) >= 11 is 0. The van der Waals surface area contributed by atoms with Crippen molar-refractivity contribution in [2.45, 2.75) is 64.0 Å². The van der Waals surface area contributed by atoms with Gasteiger partial charge in [-0.15, -0.1) is 0 Å². The zero-order valence-corrected chi connectivity index (χ0v) is 12.6. The second kappa shape index (κ2) is 7.86. The minimum Gasteiger partial charge on any atom is -0.469 e. The van der Waals surface area contributed by atoms with Crippen LogP contribution in [-0.4, -0.2) is 23.9 Å². The fourth-order valence-corrected chi connectivity index (χ4v) is 2.75. The highest BCUT2D eigenvalue weighted by molar-refractivity contribution is 6.35. The van der Waals surface area contributed by atoms with Crippen molar-refractivity contribution in [2.24, 2.45) is 0 Å². The topological polar surface area (TPSA) is 71.3 Å². The van der Waals surface area contributed by atoms with Crippen molar-refractivity contribution < 1.29 is 14.0 Å². The minimum atomic E-state index is -0.557. The van der Waals surface area contributed by atoms with E-state index in [1.54, 1.807) is 6.26 Å². The highest BCUT2D eigenvalue weighted by atomic mass is 16.3. The van der Waals surface area contributed by atoms with Crippen LogP contribution >= 0.6 is 0 Å². The number of carbonyl (C=O) groups excluding carboxylic acids is 2. The average molecular weight is 292 g/mol. The Morgan fingerprint density at radius 2 is 1.95 bits per heavy atom. The molecule has 116 valence electrons. The summed E-state index contributed by atoms with van der Waals surface area (Å²) in [6, 6.07) is 3.67. The fourth-order valence-electron chi connectivity index (χ4n) is 2.75. The van der Waals surface area contributed by atoms with Crippen molar-refractivity contribution in [1.29, 1.82) is 0 Å². The summed E-state index contributed by atoms with van der Waals surface area (Å²) in [6.45, 7) is 1.86. The van der Waals surface area contributed by atoms with E-state index in [9.17, 15) is 9.59 Å². The van der Waals surface area contributed by atoms with Gasteiger partial charge in [-0.2, -0.15) is 0 Å². The van der Waals surface area contributed by atoms with E-state index in [0.29, 0.717) is 6.42 Å². The van der Waals surface area contributed by atoms with Gasteiger partial charge < -0.3 is 15.1 Å². The van der Waals surface area contributed by atoms with Crippen LogP contribution in [0.1, 0.15) is 51.2 Å². The van der Waals surface area contributed by atoms with E-state index in [2.05, 4.69) is 10.6 Å². The van der Waals surface area contributed by atoms with E-state index in [1.807, 2.05) is 19.1 Å². The molecule has 1 aromatic heterocycles. The molecule has 1 aromatic rings. The van der Waals surface area contributed by atoms with Crippen molar-refractivity contribution in [3.8, 4) is 0 Å². The monoisotopic (exact) mass is 292 g/mol. The average Bonchev–Trinajstić information content (AvgIpc) is 2.81. The lowest BCUT2D eigenvalue weighted by molar-refractivity contribution is -0.140. The minimum absolute atomic E-state index is 0.136. The predicted octanol–water partition coefficient (Wildman–Crippen LogP) is 2.17. The van der Waals surface area contributed by atoms with Crippen LogP contribution in [0.4, 0.5) is 0 Å². The first-order valence-corrected chi connectivity index (χ1v) is 7.79. The van der Waals surface area contributed by atoms with Crippen LogP contribution in [0.3, 0.4) is 0 Å². The van der Waals surface area contributed by atoms with E-state index in [1.165, 1.54) is 12.8 Å². The summed E-state index contributed by atoms with van der Waals surface area (Å²) in [4.78, 5) is 23.8. The highest BCUT2D eigenvalue weighted by Gasteiger charge is 2.21. The second-order valence-electron chi connectivity index (χ2n) is 5.82. The zero-order chi connectivity index (χ0) is 15.1. The molecule has 1 fully saturated rings. The first kappa shape index (κ1) is 15.6. The number of hydrogen-bond donors (Lipinski definition) is 2. The molecule has 1 atom stereocenters. The quantitative estimate of drug-likeness (QED) is 0.660. The highest BCUT2D eigenvalue weighted by Crippen LogP contribution is 2.17. The summed E-state index contributed by atoms with van der Waals surface area (Å²) < 4.78 is 5.23. The molecule has 1 aliphatic rings. The van der Waals surface area contributed by atoms with Gasteiger partial charge in [0.2, 0.25) is 0 Å². The van der Waals surface area contributed by atoms with Crippen molar-refractivity contribution in [3.63, 3.8) is 0 Å². The fraction of sp³-hybridized carbons (Fsp3) is 0.625. The Morgan fingerprint density at radius 1 is 1.24 bits per heavy atom. The van der Waals surface area contributed by atoms with Crippen molar-refractivity contribution in [1.82, 2.24) is 10.6 Å². The van der Waals surface area contributed by atoms with Gasteiger partial charge in [-0.3, -0.25) is 9.59 Å². The lowest BCUT2D eigenvalue weighted by Crippen LogP contribution is -2.47. The lowest BCUT2D eigenvalue weighted by Gasteiger charge is -2.17. The Labute approximate surface area is 125 Å². The van der Waals surface area contributed by atoms with E-state index in [4.69, 9.17) is 4.42 Å². The molecule has 5 nitrogen and oxygen atoms in total. The molecule has 0 aliphatic heterocycles. The van der Waals surface area contributed by atoms with Gasteiger partial charge in [-0.25, -0.2) is 0 Å². The van der Waals surface area contributed by atoms with Crippen LogP contribution in [0.25, 0.3) is 0 Å². The smallest absolute Gasteiger partial charge is 0.309 e. The number of hydrogen-bond acceptors (Lipinski definition) is 3. The molecule has 1 saturated carbocycles. The Hall–Kier alpha value is -1.78. The summed E-state index contributed by atoms with van der Waals surface area (Å²) in [5, 5.41) is 5.56. The van der Waals surface area contributed by atoms with Crippen LogP contribution in [-0.2, 0) is 16.0 Å². The largest absolute Gasteiger partial charge is 0.469 e. The van der Waals surface area contributed by atoms with Crippen molar-refractivity contribution >= 4 is 11.8 Å². The predicted molar refractivity (Wildman–Crippen MR) is 79.6 cm³/mol. The molecule has 21 heavy (non-hydrogen) atoms. The Bertz CT molecular complexity index is 448. The molecule has 1 heterocycles. The number of furan rings is 1. The summed E-state index contributed by atoms with van der Waals surface area (Å²) in [5.74, 6) is -0.279. The zero-order valence-electron chi connectivity index (χ0n) is 12.6. The number of rotatable bonds is 4. The molecular weight excluding hydrogens is 268 g/mol. The third-order valence-corrected chi connectivity index (χ3v) is 3.86. The van der Waals surface area contributed by atoms with E-state index < -0.39 is 11.8 Å². The molecule has 1 aliphatic carbocycles.